The first kappa shape index (κ1) is 19.8. The lowest BCUT2D eigenvalue weighted by Crippen LogP contribution is -2.17. The van der Waals surface area contributed by atoms with Crippen molar-refractivity contribution in [1.82, 2.24) is 4.57 Å². The molecule has 0 unspecified atom stereocenters. The molecule has 1 heterocycles. The lowest BCUT2D eigenvalue weighted by atomic mass is 10.2. The van der Waals surface area contributed by atoms with E-state index in [1.165, 1.54) is 10.6 Å². The molecule has 144 valence electrons. The van der Waals surface area contributed by atoms with Crippen LogP contribution < -0.4 is 9.54 Å². The first-order valence-corrected chi connectivity index (χ1v) is 9.59. The highest BCUT2D eigenvalue weighted by Crippen LogP contribution is 2.22. The molecule has 0 radical (unpaired) electrons. The molecule has 1 amide bonds. The van der Waals surface area contributed by atoms with Crippen molar-refractivity contribution in [2.75, 3.05) is 6.61 Å². The van der Waals surface area contributed by atoms with Gasteiger partial charge in [0.05, 0.1) is 23.4 Å². The highest BCUT2D eigenvalue weighted by atomic mass is 32.1. The number of thiazole rings is 1. The van der Waals surface area contributed by atoms with E-state index in [9.17, 15) is 13.6 Å². The van der Waals surface area contributed by atoms with Gasteiger partial charge in [-0.2, -0.15) is 4.99 Å². The van der Waals surface area contributed by atoms with Crippen molar-refractivity contribution in [3.63, 3.8) is 0 Å². The number of rotatable bonds is 6. The van der Waals surface area contributed by atoms with Gasteiger partial charge in [-0.3, -0.25) is 4.79 Å². The van der Waals surface area contributed by atoms with Crippen LogP contribution in [0.4, 0.5) is 8.78 Å². The smallest absolute Gasteiger partial charge is 0.279 e. The van der Waals surface area contributed by atoms with Crippen LogP contribution in [0.25, 0.3) is 10.2 Å². The molecule has 2 aromatic carbocycles. The van der Waals surface area contributed by atoms with Crippen LogP contribution in [0.3, 0.4) is 0 Å². The second kappa shape index (κ2) is 8.81. The summed E-state index contributed by atoms with van der Waals surface area (Å²) in [4.78, 5) is 16.8. The molecule has 0 spiro atoms. The summed E-state index contributed by atoms with van der Waals surface area (Å²) in [5.41, 5.74) is 0.495. The second-order valence-corrected chi connectivity index (χ2v) is 7.06. The Balaban J connectivity index is 1.95. The molecule has 0 saturated heterocycles. The van der Waals surface area contributed by atoms with Gasteiger partial charge >= 0.3 is 0 Å². The molecule has 3 rings (SSSR count). The van der Waals surface area contributed by atoms with Gasteiger partial charge in [0.25, 0.3) is 5.91 Å². The van der Waals surface area contributed by atoms with Gasteiger partial charge in [-0.1, -0.05) is 30.6 Å². The summed E-state index contributed by atoms with van der Waals surface area (Å²) in [6.45, 7) is 2.70. The van der Waals surface area contributed by atoms with E-state index in [-0.39, 0.29) is 16.9 Å². The highest BCUT2D eigenvalue weighted by Gasteiger charge is 2.14. The average Bonchev–Trinajstić information content (AvgIpc) is 3.00. The van der Waals surface area contributed by atoms with Crippen molar-refractivity contribution in [2.24, 2.45) is 4.99 Å². The molecular weight excluding hydrogens is 382 g/mol. The van der Waals surface area contributed by atoms with Gasteiger partial charge in [-0.25, -0.2) is 8.78 Å². The summed E-state index contributed by atoms with van der Waals surface area (Å²) >= 11 is 1.01. The van der Waals surface area contributed by atoms with Gasteiger partial charge in [-0.05, 0) is 36.8 Å². The van der Waals surface area contributed by atoms with Crippen LogP contribution in [0.2, 0.25) is 0 Å². The number of carbonyl (C=O) groups excluding carboxylic acids is 1. The van der Waals surface area contributed by atoms with Crippen molar-refractivity contribution in [1.29, 1.82) is 0 Å². The van der Waals surface area contributed by atoms with Crippen LogP contribution in [0.5, 0.6) is 5.75 Å². The summed E-state index contributed by atoms with van der Waals surface area (Å²) in [6.07, 6.45) is 7.35. The maximum atomic E-state index is 14.2. The predicted octanol–water partition coefficient (Wildman–Crippen LogP) is 4.53. The van der Waals surface area contributed by atoms with Gasteiger partial charge in [0.15, 0.2) is 10.6 Å². The normalized spacial score (nSPS) is 11.6. The summed E-state index contributed by atoms with van der Waals surface area (Å²) in [7, 11) is 0. The number of halogens is 2. The number of ether oxygens (including phenoxy) is 1. The Labute approximate surface area is 165 Å². The molecule has 7 heteroatoms. The van der Waals surface area contributed by atoms with Crippen LogP contribution in [0, 0.1) is 24.0 Å². The molecule has 28 heavy (non-hydrogen) atoms. The largest absolute Gasteiger partial charge is 0.494 e. The van der Waals surface area contributed by atoms with E-state index in [1.54, 1.807) is 24.3 Å². The number of hydrogen-bond acceptors (Lipinski definition) is 3. The van der Waals surface area contributed by atoms with E-state index in [2.05, 4.69) is 17.8 Å². The Morgan fingerprint density at radius 3 is 2.71 bits per heavy atom. The minimum absolute atomic E-state index is 0.0128. The maximum Gasteiger partial charge on any atom is 0.279 e. The van der Waals surface area contributed by atoms with Crippen LogP contribution in [-0.2, 0) is 6.54 Å². The Morgan fingerprint density at radius 2 is 2.04 bits per heavy atom. The zero-order chi connectivity index (χ0) is 20.1. The van der Waals surface area contributed by atoms with Crippen molar-refractivity contribution in [3.8, 4) is 18.1 Å². The number of carbonyl (C=O) groups is 1. The molecule has 0 aliphatic rings. The fourth-order valence-electron chi connectivity index (χ4n) is 2.63. The monoisotopic (exact) mass is 400 g/mol. The van der Waals surface area contributed by atoms with Gasteiger partial charge < -0.3 is 9.30 Å². The second-order valence-electron chi connectivity index (χ2n) is 6.05. The minimum Gasteiger partial charge on any atom is -0.494 e. The summed E-state index contributed by atoms with van der Waals surface area (Å²) < 4.78 is 35.0. The van der Waals surface area contributed by atoms with E-state index in [0.29, 0.717) is 22.6 Å². The molecule has 0 fully saturated rings. The molecule has 4 nitrogen and oxygen atoms in total. The van der Waals surface area contributed by atoms with Crippen molar-refractivity contribution < 1.29 is 18.3 Å². The van der Waals surface area contributed by atoms with E-state index < -0.39 is 17.5 Å². The molecular formula is C21H18F2N2O2S. The summed E-state index contributed by atoms with van der Waals surface area (Å²) in [5.74, 6) is 1.14. The van der Waals surface area contributed by atoms with E-state index in [4.69, 9.17) is 11.2 Å². The standard InChI is InChI=1S/C21H18F2N2O2S/c1-3-5-11-27-16-8-6-14(7-9-16)20(26)24-21-25(10-4-2)19-17(23)12-15(22)13-18(19)28-21/h2,6-9,12-13H,3,5,10-11H2,1H3. The molecule has 0 aliphatic carbocycles. The fraction of sp³-hybridized carbons (Fsp3) is 0.238. The Bertz CT molecular complexity index is 1110. The third-order valence-electron chi connectivity index (χ3n) is 4.01. The average molecular weight is 400 g/mol. The number of nitrogens with zero attached hydrogens (tertiary/aromatic N) is 2. The maximum absolute atomic E-state index is 14.2. The molecule has 0 bridgehead atoms. The first-order chi connectivity index (χ1) is 13.5. The number of amides is 1. The topological polar surface area (TPSA) is 43.6 Å². The van der Waals surface area contributed by atoms with Crippen LogP contribution >= 0.6 is 11.3 Å². The first-order valence-electron chi connectivity index (χ1n) is 8.77. The van der Waals surface area contributed by atoms with Crippen LogP contribution in [0.1, 0.15) is 30.1 Å². The highest BCUT2D eigenvalue weighted by molar-refractivity contribution is 7.16. The van der Waals surface area contributed by atoms with Gasteiger partial charge in [0.1, 0.15) is 11.6 Å². The molecule has 0 aliphatic heterocycles. The molecule has 0 saturated carbocycles. The quantitative estimate of drug-likeness (QED) is 0.451. The number of fused-ring (bicyclic) bond motifs is 1. The van der Waals surface area contributed by atoms with Crippen molar-refractivity contribution in [2.45, 2.75) is 26.3 Å². The predicted molar refractivity (Wildman–Crippen MR) is 105 cm³/mol. The van der Waals surface area contributed by atoms with Gasteiger partial charge in [0.2, 0.25) is 0 Å². The fourth-order valence-corrected chi connectivity index (χ4v) is 3.70. The third kappa shape index (κ3) is 4.29. The van der Waals surface area contributed by atoms with Crippen LogP contribution in [-0.4, -0.2) is 17.1 Å². The number of hydrogen-bond donors (Lipinski definition) is 0. The number of terminal acetylenes is 1. The van der Waals surface area contributed by atoms with Gasteiger partial charge in [-0.15, -0.1) is 6.42 Å². The lowest BCUT2D eigenvalue weighted by Gasteiger charge is -2.05. The van der Waals surface area contributed by atoms with Crippen molar-refractivity contribution >= 4 is 27.5 Å². The number of aromatic nitrogens is 1. The molecule has 0 atom stereocenters. The molecule has 3 aromatic rings. The Kier molecular flexibility index (Phi) is 6.22. The molecule has 0 N–H and O–H groups in total. The van der Waals surface area contributed by atoms with Gasteiger partial charge in [0, 0.05) is 11.6 Å². The minimum atomic E-state index is -0.746. The Hall–Kier alpha value is -2.98. The zero-order valence-corrected chi connectivity index (χ0v) is 16.1. The third-order valence-corrected chi connectivity index (χ3v) is 5.04. The summed E-state index contributed by atoms with van der Waals surface area (Å²) in [5, 5.41) is 0. The summed E-state index contributed by atoms with van der Waals surface area (Å²) in [6, 6.07) is 8.62. The number of benzene rings is 2. The number of unbranched alkanes of at least 4 members (excludes halogenated alkanes) is 1. The van der Waals surface area contributed by atoms with Crippen LogP contribution in [0.15, 0.2) is 41.4 Å². The molecule has 1 aromatic heterocycles. The lowest BCUT2D eigenvalue weighted by molar-refractivity contribution is 0.0998. The van der Waals surface area contributed by atoms with Crippen molar-refractivity contribution in [3.05, 3.63) is 58.4 Å². The SMILES string of the molecule is C#CCn1c(=NC(=O)c2ccc(OCCCC)cc2)sc2cc(F)cc(F)c21. The Morgan fingerprint density at radius 1 is 1.29 bits per heavy atom. The zero-order valence-electron chi connectivity index (χ0n) is 15.2. The van der Waals surface area contributed by atoms with E-state index >= 15 is 0 Å². The van der Waals surface area contributed by atoms with E-state index in [1.807, 2.05) is 0 Å². The van der Waals surface area contributed by atoms with E-state index in [0.717, 1.165) is 30.2 Å².